The second-order valence-electron chi connectivity index (χ2n) is 5.99. The van der Waals surface area contributed by atoms with E-state index in [1.807, 2.05) is 0 Å². The van der Waals surface area contributed by atoms with Gasteiger partial charge in [-0.05, 0) is 29.7 Å². The standard InChI is InChI=1S/C17H21ClN2O4S/c1-12(2)16(17(21)19-10-14-7-5-9-24-14)20-25(22,23)11-13-6-3-4-8-15(13)18/h3-9,12,16,20H,10-11H2,1-2H3,(H,19,21)/t16-/m0/s1. The molecule has 136 valence electrons. The second kappa shape index (κ2) is 8.51. The van der Waals surface area contributed by atoms with Crippen molar-refractivity contribution in [3.8, 4) is 0 Å². The Morgan fingerprint density at radius 3 is 2.52 bits per heavy atom. The monoisotopic (exact) mass is 384 g/mol. The third-order valence-corrected chi connectivity index (χ3v) is 5.25. The van der Waals surface area contributed by atoms with Crippen LogP contribution in [-0.2, 0) is 27.1 Å². The Morgan fingerprint density at radius 2 is 1.92 bits per heavy atom. The van der Waals surface area contributed by atoms with E-state index in [1.54, 1.807) is 50.2 Å². The summed E-state index contributed by atoms with van der Waals surface area (Å²) < 4.78 is 32.5. The Hall–Kier alpha value is -1.83. The van der Waals surface area contributed by atoms with E-state index < -0.39 is 22.0 Å². The Labute approximate surface area is 152 Å². The molecule has 2 rings (SSSR count). The first-order valence-electron chi connectivity index (χ1n) is 7.82. The lowest BCUT2D eigenvalue weighted by Gasteiger charge is -2.21. The van der Waals surface area contributed by atoms with Crippen molar-refractivity contribution in [1.82, 2.24) is 10.0 Å². The van der Waals surface area contributed by atoms with E-state index in [2.05, 4.69) is 10.0 Å². The summed E-state index contributed by atoms with van der Waals surface area (Å²) in [6.07, 6.45) is 1.51. The molecule has 6 nitrogen and oxygen atoms in total. The maximum atomic E-state index is 12.4. The van der Waals surface area contributed by atoms with Gasteiger partial charge in [-0.1, -0.05) is 43.6 Å². The van der Waals surface area contributed by atoms with E-state index in [0.29, 0.717) is 16.3 Å². The topological polar surface area (TPSA) is 88.4 Å². The Kier molecular flexibility index (Phi) is 6.64. The van der Waals surface area contributed by atoms with Gasteiger partial charge in [-0.25, -0.2) is 13.1 Å². The molecular weight excluding hydrogens is 364 g/mol. The molecule has 0 aliphatic carbocycles. The minimum absolute atomic E-state index is 0.196. The fourth-order valence-electron chi connectivity index (χ4n) is 2.24. The van der Waals surface area contributed by atoms with Gasteiger partial charge in [-0.15, -0.1) is 0 Å². The quantitative estimate of drug-likeness (QED) is 0.732. The average molecular weight is 385 g/mol. The molecule has 0 saturated carbocycles. The van der Waals surface area contributed by atoms with Crippen LogP contribution in [0.25, 0.3) is 0 Å². The molecule has 1 aromatic heterocycles. The number of carbonyl (C=O) groups excluding carboxylic acids is 1. The number of sulfonamides is 1. The SMILES string of the molecule is CC(C)[C@H](NS(=O)(=O)Cc1ccccc1Cl)C(=O)NCc1ccco1. The molecule has 0 spiro atoms. The largest absolute Gasteiger partial charge is 0.467 e. The fraction of sp³-hybridized carbons (Fsp3) is 0.353. The predicted octanol–water partition coefficient (Wildman–Crippen LogP) is 2.69. The average Bonchev–Trinajstić information content (AvgIpc) is 3.05. The molecule has 1 heterocycles. The molecule has 1 aromatic carbocycles. The third-order valence-electron chi connectivity index (χ3n) is 3.58. The molecule has 0 unspecified atom stereocenters. The zero-order valence-electron chi connectivity index (χ0n) is 14.0. The van der Waals surface area contributed by atoms with Crippen molar-refractivity contribution in [1.29, 1.82) is 0 Å². The van der Waals surface area contributed by atoms with Crippen molar-refractivity contribution < 1.29 is 17.6 Å². The van der Waals surface area contributed by atoms with Gasteiger partial charge in [0.2, 0.25) is 15.9 Å². The van der Waals surface area contributed by atoms with Crippen molar-refractivity contribution in [2.45, 2.75) is 32.2 Å². The highest BCUT2D eigenvalue weighted by Crippen LogP contribution is 2.18. The molecular formula is C17H21ClN2O4S. The van der Waals surface area contributed by atoms with E-state index >= 15 is 0 Å². The van der Waals surface area contributed by atoms with Gasteiger partial charge in [-0.2, -0.15) is 0 Å². The summed E-state index contributed by atoms with van der Waals surface area (Å²) in [6.45, 7) is 3.74. The van der Waals surface area contributed by atoms with Crippen molar-refractivity contribution in [3.63, 3.8) is 0 Å². The number of carbonyl (C=O) groups is 1. The van der Waals surface area contributed by atoms with Gasteiger partial charge in [0, 0.05) is 5.02 Å². The lowest BCUT2D eigenvalue weighted by Crippen LogP contribution is -2.49. The van der Waals surface area contributed by atoms with Crippen LogP contribution in [0.1, 0.15) is 25.2 Å². The number of hydrogen-bond acceptors (Lipinski definition) is 4. The van der Waals surface area contributed by atoms with Gasteiger partial charge in [-0.3, -0.25) is 4.79 Å². The first-order valence-corrected chi connectivity index (χ1v) is 9.85. The molecule has 0 fully saturated rings. The van der Waals surface area contributed by atoms with E-state index in [9.17, 15) is 13.2 Å². The Bertz CT molecular complexity index is 804. The van der Waals surface area contributed by atoms with Crippen LogP contribution in [0.3, 0.4) is 0 Å². The number of halogens is 1. The predicted molar refractivity (Wildman–Crippen MR) is 96.4 cm³/mol. The summed E-state index contributed by atoms with van der Waals surface area (Å²) in [7, 11) is -3.74. The third kappa shape index (κ3) is 5.88. The molecule has 8 heteroatoms. The van der Waals surface area contributed by atoms with Gasteiger partial charge in [0.05, 0.1) is 18.6 Å². The number of benzene rings is 1. The van der Waals surface area contributed by atoms with E-state index in [4.69, 9.17) is 16.0 Å². The van der Waals surface area contributed by atoms with Crippen LogP contribution in [0, 0.1) is 5.92 Å². The van der Waals surface area contributed by atoms with Crippen LogP contribution in [0.15, 0.2) is 47.1 Å². The molecule has 2 aromatic rings. The molecule has 2 N–H and O–H groups in total. The van der Waals surface area contributed by atoms with Gasteiger partial charge in [0.15, 0.2) is 0 Å². The zero-order chi connectivity index (χ0) is 18.4. The number of hydrogen-bond donors (Lipinski definition) is 2. The van der Waals surface area contributed by atoms with Crippen LogP contribution >= 0.6 is 11.6 Å². The number of furan rings is 1. The molecule has 0 aliphatic rings. The fourth-order valence-corrected chi connectivity index (χ4v) is 4.04. The lowest BCUT2D eigenvalue weighted by atomic mass is 10.1. The van der Waals surface area contributed by atoms with E-state index in [-0.39, 0.29) is 18.2 Å². The number of nitrogens with one attached hydrogen (secondary N) is 2. The van der Waals surface area contributed by atoms with Crippen LogP contribution < -0.4 is 10.0 Å². The zero-order valence-corrected chi connectivity index (χ0v) is 15.6. The summed E-state index contributed by atoms with van der Waals surface area (Å²) in [6, 6.07) is 9.27. The molecule has 0 saturated heterocycles. The summed E-state index contributed by atoms with van der Waals surface area (Å²) in [4.78, 5) is 12.4. The van der Waals surface area contributed by atoms with Crippen LogP contribution in [0.5, 0.6) is 0 Å². The van der Waals surface area contributed by atoms with Crippen LogP contribution in [0.4, 0.5) is 0 Å². The van der Waals surface area contributed by atoms with Crippen molar-refractivity contribution in [2.75, 3.05) is 0 Å². The smallest absolute Gasteiger partial charge is 0.238 e. The van der Waals surface area contributed by atoms with Crippen molar-refractivity contribution in [3.05, 3.63) is 59.0 Å². The van der Waals surface area contributed by atoms with Crippen LogP contribution in [-0.4, -0.2) is 20.4 Å². The first kappa shape index (κ1) is 19.5. The molecule has 0 aliphatic heterocycles. The summed E-state index contributed by atoms with van der Waals surface area (Å²) in [5, 5.41) is 3.05. The highest BCUT2D eigenvalue weighted by molar-refractivity contribution is 7.88. The van der Waals surface area contributed by atoms with E-state index in [1.165, 1.54) is 6.26 Å². The first-order chi connectivity index (χ1) is 11.8. The maximum Gasteiger partial charge on any atom is 0.238 e. The Morgan fingerprint density at radius 1 is 1.20 bits per heavy atom. The minimum Gasteiger partial charge on any atom is -0.467 e. The summed E-state index contributed by atoms with van der Waals surface area (Å²) in [5.41, 5.74) is 0.482. The maximum absolute atomic E-state index is 12.4. The van der Waals surface area contributed by atoms with Crippen LogP contribution in [0.2, 0.25) is 5.02 Å². The second-order valence-corrected chi connectivity index (χ2v) is 8.15. The molecule has 0 radical (unpaired) electrons. The molecule has 25 heavy (non-hydrogen) atoms. The van der Waals surface area contributed by atoms with Crippen molar-refractivity contribution in [2.24, 2.45) is 5.92 Å². The highest BCUT2D eigenvalue weighted by atomic mass is 35.5. The molecule has 0 bridgehead atoms. The molecule has 1 amide bonds. The number of amides is 1. The minimum atomic E-state index is -3.74. The lowest BCUT2D eigenvalue weighted by molar-refractivity contribution is -0.123. The summed E-state index contributed by atoms with van der Waals surface area (Å²) in [5.74, 6) is -0.331. The van der Waals surface area contributed by atoms with Gasteiger partial charge in [0.25, 0.3) is 0 Å². The van der Waals surface area contributed by atoms with Gasteiger partial charge >= 0.3 is 0 Å². The van der Waals surface area contributed by atoms with E-state index in [0.717, 1.165) is 0 Å². The summed E-state index contributed by atoms with van der Waals surface area (Å²) >= 11 is 6.02. The highest BCUT2D eigenvalue weighted by Gasteiger charge is 2.27. The molecule has 1 atom stereocenters. The van der Waals surface area contributed by atoms with Gasteiger partial charge < -0.3 is 9.73 Å². The normalized spacial score (nSPS) is 13.0. The van der Waals surface area contributed by atoms with Crippen molar-refractivity contribution >= 4 is 27.5 Å². The number of rotatable bonds is 8. The van der Waals surface area contributed by atoms with Gasteiger partial charge in [0.1, 0.15) is 11.8 Å². The Balaban J connectivity index is 2.04.